The van der Waals surface area contributed by atoms with Gasteiger partial charge in [-0.2, -0.15) is 0 Å². The number of hydrogen-bond donors (Lipinski definition) is 0. The molecule has 20 rings (SSSR count). The Hall–Kier alpha value is -11.7. The Morgan fingerprint density at radius 1 is 0.271 bits per heavy atom. The Balaban J connectivity index is 0.868. The Bertz CT molecular complexity index is 6200. The van der Waals surface area contributed by atoms with Crippen LogP contribution < -0.4 is 26.2 Å². The highest BCUT2D eigenvalue weighted by atomic mass is 15.2. The molecule has 0 atom stereocenters. The number of hydrogen-bond acceptors (Lipinski definition) is 2. The SMILES string of the molecule is CC(C)(C)c1ccccc1-c1ccc2c(c1)B1c3ccc(-n4c5ccc(-c6ccccc6)cc5c5cc(-c6ccccc6)ccc54)cc3N(c3ccc(-c4ccc5c(c4)C(C)(C)CC5(C)C)cc3)c3cc(-n4c5ccccc5c5ccccc54)cc(c31)N2c1ccc(-c2ccc3c(c2)C(C)(C)CC3(C)C)cc1. The van der Waals surface area contributed by atoms with Crippen LogP contribution in [0.25, 0.3) is 111 Å². The third-order valence-electron chi connectivity index (χ3n) is 24.8. The standard InChI is InChI=1S/C102H87BN4/c1-98(2,3)82-31-21-18-28-77(82)72-42-53-93-88(58-72)103-87-50-47-75(106-91-51-40-68(64-24-14-12-15-25-64)54-80(91)81-55-69(41-52-92(81)106)65-26-16-13-17-27-65)59-94(87)105(74-45-36-67(37-46-74)71-39-49-84-86(57-71)102(10,11)63-100(84,6)7)96-61-76(107-89-32-22-19-29-78(89)79-30-20-23-33-90(79)107)60-95(97(96)103)104(93)73-43-34-66(35-44-73)70-38-48-83-85(56-70)101(8,9)62-99(83,4)5/h12-61H,62-63H2,1-11H3. The second-order valence-corrected chi connectivity index (χ2v) is 34.7. The largest absolute Gasteiger partial charge is 0.311 e. The fraction of sp³-hybridized carbons (Fsp3) is 0.176. The normalized spacial score (nSPS) is 15.6. The molecule has 2 aliphatic carbocycles. The molecule has 0 bridgehead atoms. The van der Waals surface area contributed by atoms with E-state index in [1.54, 1.807) is 0 Å². The van der Waals surface area contributed by atoms with Crippen molar-refractivity contribution in [1.82, 2.24) is 9.13 Å². The zero-order valence-electron chi connectivity index (χ0n) is 63.1. The van der Waals surface area contributed by atoms with Gasteiger partial charge in [-0.15, -0.1) is 0 Å². The molecule has 0 saturated heterocycles. The second-order valence-electron chi connectivity index (χ2n) is 34.7. The predicted octanol–water partition coefficient (Wildman–Crippen LogP) is 25.5. The third kappa shape index (κ3) is 10.2. The Kier molecular flexibility index (Phi) is 14.2. The van der Waals surface area contributed by atoms with E-state index in [1.807, 2.05) is 0 Å². The van der Waals surface area contributed by atoms with E-state index in [1.165, 1.54) is 138 Å². The van der Waals surface area contributed by atoms with Gasteiger partial charge in [0.25, 0.3) is 6.71 Å². The van der Waals surface area contributed by atoms with Crippen LogP contribution in [-0.2, 0) is 27.1 Å². The van der Waals surface area contributed by atoms with Crippen LogP contribution in [0.3, 0.4) is 0 Å². The molecule has 0 amide bonds. The van der Waals surface area contributed by atoms with Gasteiger partial charge in [0.05, 0.1) is 27.8 Å². The maximum Gasteiger partial charge on any atom is 0.252 e. The molecule has 4 nitrogen and oxygen atoms in total. The molecule has 107 heavy (non-hydrogen) atoms. The highest BCUT2D eigenvalue weighted by Gasteiger charge is 2.46. The molecule has 0 fully saturated rings. The van der Waals surface area contributed by atoms with Crippen molar-refractivity contribution in [2.45, 2.75) is 116 Å². The minimum Gasteiger partial charge on any atom is -0.311 e. The summed E-state index contributed by atoms with van der Waals surface area (Å²) in [5.41, 5.74) is 37.0. The van der Waals surface area contributed by atoms with Crippen LogP contribution in [0.15, 0.2) is 303 Å². The van der Waals surface area contributed by atoms with E-state index in [4.69, 9.17) is 0 Å². The minimum absolute atomic E-state index is 0.0635. The fourth-order valence-corrected chi connectivity index (χ4v) is 20.4. The van der Waals surface area contributed by atoms with Crippen molar-refractivity contribution in [1.29, 1.82) is 0 Å². The quantitative estimate of drug-likeness (QED) is 0.134. The van der Waals surface area contributed by atoms with E-state index in [-0.39, 0.29) is 33.8 Å². The van der Waals surface area contributed by atoms with Crippen molar-refractivity contribution >= 4 is 101 Å². The maximum absolute atomic E-state index is 2.64. The summed E-state index contributed by atoms with van der Waals surface area (Å²) < 4.78 is 5.07. The van der Waals surface area contributed by atoms with Crippen LogP contribution in [-0.4, -0.2) is 15.8 Å². The lowest BCUT2D eigenvalue weighted by Gasteiger charge is -2.45. The topological polar surface area (TPSA) is 16.3 Å². The van der Waals surface area contributed by atoms with Crippen molar-refractivity contribution in [2.75, 3.05) is 9.80 Å². The first-order valence-electron chi connectivity index (χ1n) is 38.5. The summed E-state index contributed by atoms with van der Waals surface area (Å²) in [6.07, 6.45) is 2.25. The molecule has 16 aromatic rings. The number of fused-ring (bicyclic) bond motifs is 12. The summed E-state index contributed by atoms with van der Waals surface area (Å²) in [4.78, 5) is 5.25. The number of benzene rings is 14. The van der Waals surface area contributed by atoms with Gasteiger partial charge in [0.1, 0.15) is 0 Å². The van der Waals surface area contributed by atoms with Crippen LogP contribution in [0.1, 0.15) is 117 Å². The van der Waals surface area contributed by atoms with Gasteiger partial charge in [0.2, 0.25) is 0 Å². The summed E-state index contributed by atoms with van der Waals surface area (Å²) >= 11 is 0. The van der Waals surface area contributed by atoms with Crippen LogP contribution in [0.4, 0.5) is 34.1 Å². The number of nitrogens with zero attached hydrogens (tertiary/aromatic N) is 4. The van der Waals surface area contributed by atoms with Crippen LogP contribution in [0.5, 0.6) is 0 Å². The van der Waals surface area contributed by atoms with Gasteiger partial charge in [-0.1, -0.05) is 288 Å². The number of anilines is 6. The zero-order chi connectivity index (χ0) is 72.8. The zero-order valence-corrected chi connectivity index (χ0v) is 63.1. The van der Waals surface area contributed by atoms with E-state index < -0.39 is 0 Å². The van der Waals surface area contributed by atoms with Gasteiger partial charge in [-0.25, -0.2) is 0 Å². The molecule has 0 N–H and O–H groups in total. The van der Waals surface area contributed by atoms with Gasteiger partial charge in [0, 0.05) is 61.4 Å². The van der Waals surface area contributed by atoms with Crippen molar-refractivity contribution < 1.29 is 0 Å². The summed E-state index contributed by atoms with van der Waals surface area (Å²) in [7, 11) is 0. The van der Waals surface area contributed by atoms with Gasteiger partial charge in [-0.3, -0.25) is 0 Å². The van der Waals surface area contributed by atoms with Gasteiger partial charge >= 0.3 is 0 Å². The number of rotatable bonds is 9. The summed E-state index contributed by atoms with van der Waals surface area (Å²) in [6.45, 7) is 26.2. The summed E-state index contributed by atoms with van der Waals surface area (Å²) in [5, 5.41) is 4.88. The molecule has 518 valence electrons. The second kappa shape index (κ2) is 23.4. The fourth-order valence-electron chi connectivity index (χ4n) is 20.4. The molecule has 4 aliphatic rings. The van der Waals surface area contributed by atoms with E-state index >= 15 is 0 Å². The lowest BCUT2D eigenvalue weighted by molar-refractivity contribution is 0.402. The molecule has 2 aromatic heterocycles. The Morgan fingerprint density at radius 2 is 0.664 bits per heavy atom. The molecule has 0 unspecified atom stereocenters. The molecule has 4 heterocycles. The monoisotopic (exact) mass is 1380 g/mol. The van der Waals surface area contributed by atoms with Crippen LogP contribution >= 0.6 is 0 Å². The van der Waals surface area contributed by atoms with Crippen molar-refractivity contribution in [2.24, 2.45) is 0 Å². The Labute approximate surface area is 630 Å². The third-order valence-corrected chi connectivity index (χ3v) is 24.8. The highest BCUT2D eigenvalue weighted by Crippen LogP contribution is 2.54. The molecule has 5 heteroatoms. The minimum atomic E-state index is -0.197. The van der Waals surface area contributed by atoms with Gasteiger partial charge in [0.15, 0.2) is 0 Å². The first kappa shape index (κ1) is 64.9. The summed E-state index contributed by atoms with van der Waals surface area (Å²) in [6, 6.07) is 117. The van der Waals surface area contributed by atoms with Crippen LogP contribution in [0, 0.1) is 0 Å². The molecule has 14 aromatic carbocycles. The molecule has 2 aliphatic heterocycles. The number of aromatic nitrogens is 2. The van der Waals surface area contributed by atoms with E-state index in [0.29, 0.717) is 0 Å². The van der Waals surface area contributed by atoms with Crippen molar-refractivity contribution in [3.05, 3.63) is 331 Å². The number of para-hydroxylation sites is 2. The van der Waals surface area contributed by atoms with E-state index in [2.05, 4.69) is 398 Å². The molecular weight excluding hydrogens is 1290 g/mol. The summed E-state index contributed by atoms with van der Waals surface area (Å²) in [5.74, 6) is 0. The predicted molar refractivity (Wildman–Crippen MR) is 456 cm³/mol. The smallest absolute Gasteiger partial charge is 0.252 e. The molecule has 0 radical (unpaired) electrons. The van der Waals surface area contributed by atoms with Crippen LogP contribution in [0.2, 0.25) is 0 Å². The van der Waals surface area contributed by atoms with E-state index in [0.717, 1.165) is 63.7 Å². The molecule has 0 saturated carbocycles. The molecular formula is C102H87BN4. The van der Waals surface area contributed by atoms with Crippen molar-refractivity contribution in [3.8, 4) is 67.0 Å². The van der Waals surface area contributed by atoms with Crippen molar-refractivity contribution in [3.63, 3.8) is 0 Å². The highest BCUT2D eigenvalue weighted by molar-refractivity contribution is 7.00. The van der Waals surface area contributed by atoms with Gasteiger partial charge in [-0.05, 0) is 231 Å². The first-order chi connectivity index (χ1) is 51.6. The average Bonchev–Trinajstić information content (AvgIpc) is 1.19. The lowest BCUT2D eigenvalue weighted by atomic mass is 9.33. The van der Waals surface area contributed by atoms with Gasteiger partial charge < -0.3 is 18.9 Å². The van der Waals surface area contributed by atoms with E-state index in [9.17, 15) is 0 Å². The Morgan fingerprint density at radius 3 is 1.19 bits per heavy atom. The maximum atomic E-state index is 2.64. The first-order valence-corrected chi connectivity index (χ1v) is 38.5. The lowest BCUT2D eigenvalue weighted by Crippen LogP contribution is -2.61. The molecule has 0 spiro atoms. The average molecular weight is 1380 g/mol.